The van der Waals surface area contributed by atoms with Gasteiger partial charge in [-0.2, -0.15) is 0 Å². The number of hydrogen-bond donors (Lipinski definition) is 1. The minimum absolute atomic E-state index is 0.102. The van der Waals surface area contributed by atoms with Gasteiger partial charge in [0.2, 0.25) is 0 Å². The molecule has 2 aromatic carbocycles. The molecular formula is C20H17FN2O5. The third kappa shape index (κ3) is 3.85. The average molecular weight is 384 g/mol. The number of carbonyl (C=O) groups is 3. The van der Waals surface area contributed by atoms with Crippen LogP contribution in [-0.2, 0) is 16.1 Å². The molecule has 1 aliphatic heterocycles. The number of hydrogen-bond acceptors (Lipinski definition) is 5. The van der Waals surface area contributed by atoms with Crippen molar-refractivity contribution in [1.29, 1.82) is 0 Å². The standard InChI is InChI=1S/C20H17FN2O5/c1-27-15-8-5-13(17(10-15)28-2)9-16-18(24)22-20(26)23(19(16)25)11-12-3-6-14(21)7-4-12/h3-10H,11H2,1-2H3,(H,22,24,26)/b16-9+. The Balaban J connectivity index is 1.93. The van der Waals surface area contributed by atoms with Crippen molar-refractivity contribution in [3.63, 3.8) is 0 Å². The third-order valence-electron chi connectivity index (χ3n) is 4.18. The van der Waals surface area contributed by atoms with Crippen LogP contribution in [0.1, 0.15) is 11.1 Å². The van der Waals surface area contributed by atoms with Gasteiger partial charge in [-0.25, -0.2) is 9.18 Å². The van der Waals surface area contributed by atoms with Crippen molar-refractivity contribution in [2.75, 3.05) is 14.2 Å². The summed E-state index contributed by atoms with van der Waals surface area (Å²) >= 11 is 0. The van der Waals surface area contributed by atoms with Gasteiger partial charge in [0.1, 0.15) is 22.9 Å². The van der Waals surface area contributed by atoms with Gasteiger partial charge in [-0.15, -0.1) is 0 Å². The smallest absolute Gasteiger partial charge is 0.331 e. The second-order valence-electron chi connectivity index (χ2n) is 5.94. The second kappa shape index (κ2) is 7.91. The second-order valence-corrected chi connectivity index (χ2v) is 5.94. The summed E-state index contributed by atoms with van der Waals surface area (Å²) in [5.41, 5.74) is 0.795. The largest absolute Gasteiger partial charge is 0.497 e. The number of amides is 4. The van der Waals surface area contributed by atoms with Crippen LogP contribution in [0.15, 0.2) is 48.0 Å². The van der Waals surface area contributed by atoms with E-state index >= 15 is 0 Å². The SMILES string of the molecule is COc1ccc(/C=C2\C(=O)NC(=O)N(Cc3ccc(F)cc3)C2=O)c(OC)c1. The first-order valence-electron chi connectivity index (χ1n) is 8.28. The number of barbiturate groups is 1. The molecule has 1 aliphatic rings. The molecule has 3 rings (SSSR count). The van der Waals surface area contributed by atoms with E-state index in [2.05, 4.69) is 5.32 Å². The van der Waals surface area contributed by atoms with Crippen molar-refractivity contribution >= 4 is 23.9 Å². The maximum Gasteiger partial charge on any atom is 0.331 e. The van der Waals surface area contributed by atoms with Gasteiger partial charge in [0.05, 0.1) is 20.8 Å². The quantitative estimate of drug-likeness (QED) is 0.633. The van der Waals surface area contributed by atoms with Crippen molar-refractivity contribution in [3.05, 3.63) is 65.0 Å². The number of nitrogens with one attached hydrogen (secondary N) is 1. The van der Waals surface area contributed by atoms with Gasteiger partial charge in [-0.3, -0.25) is 19.8 Å². The summed E-state index contributed by atoms with van der Waals surface area (Å²) in [6.45, 7) is -0.102. The molecule has 1 N–H and O–H groups in total. The van der Waals surface area contributed by atoms with Crippen molar-refractivity contribution in [2.45, 2.75) is 6.54 Å². The molecule has 0 bridgehead atoms. The lowest BCUT2D eigenvalue weighted by atomic mass is 10.1. The lowest BCUT2D eigenvalue weighted by Crippen LogP contribution is -2.53. The van der Waals surface area contributed by atoms with E-state index in [4.69, 9.17) is 9.47 Å². The van der Waals surface area contributed by atoms with E-state index in [1.54, 1.807) is 18.2 Å². The van der Waals surface area contributed by atoms with Crippen LogP contribution in [0.2, 0.25) is 0 Å². The zero-order valence-electron chi connectivity index (χ0n) is 15.2. The normalized spacial score (nSPS) is 15.6. The van der Waals surface area contributed by atoms with E-state index in [1.807, 2.05) is 0 Å². The fraction of sp³-hybridized carbons (Fsp3) is 0.150. The predicted molar refractivity (Wildman–Crippen MR) is 98.0 cm³/mol. The van der Waals surface area contributed by atoms with E-state index in [9.17, 15) is 18.8 Å². The van der Waals surface area contributed by atoms with Gasteiger partial charge in [-0.1, -0.05) is 12.1 Å². The molecule has 7 nitrogen and oxygen atoms in total. The molecule has 28 heavy (non-hydrogen) atoms. The molecule has 8 heteroatoms. The van der Waals surface area contributed by atoms with Crippen molar-refractivity contribution in [1.82, 2.24) is 10.2 Å². The Labute approximate surface area is 160 Å². The summed E-state index contributed by atoms with van der Waals surface area (Å²) in [6.07, 6.45) is 1.35. The Morgan fingerprint density at radius 3 is 2.39 bits per heavy atom. The zero-order chi connectivity index (χ0) is 20.3. The molecule has 2 aromatic rings. The van der Waals surface area contributed by atoms with Gasteiger partial charge in [0.25, 0.3) is 11.8 Å². The van der Waals surface area contributed by atoms with E-state index in [0.717, 1.165) is 4.90 Å². The summed E-state index contributed by atoms with van der Waals surface area (Å²) in [4.78, 5) is 38.0. The molecule has 4 amide bonds. The predicted octanol–water partition coefficient (Wildman–Crippen LogP) is 2.50. The first-order valence-corrected chi connectivity index (χ1v) is 8.28. The van der Waals surface area contributed by atoms with E-state index < -0.39 is 23.7 Å². The number of urea groups is 1. The Bertz CT molecular complexity index is 969. The summed E-state index contributed by atoms with van der Waals surface area (Å²) in [6, 6.07) is 9.44. The monoisotopic (exact) mass is 384 g/mol. The molecule has 0 saturated carbocycles. The molecule has 0 aliphatic carbocycles. The van der Waals surface area contributed by atoms with E-state index in [-0.39, 0.29) is 12.1 Å². The Morgan fingerprint density at radius 2 is 1.75 bits per heavy atom. The van der Waals surface area contributed by atoms with Gasteiger partial charge >= 0.3 is 6.03 Å². The maximum atomic E-state index is 13.1. The molecule has 144 valence electrons. The Morgan fingerprint density at radius 1 is 1.04 bits per heavy atom. The number of nitrogens with zero attached hydrogens (tertiary/aromatic N) is 1. The fourth-order valence-electron chi connectivity index (χ4n) is 2.70. The number of benzene rings is 2. The van der Waals surface area contributed by atoms with E-state index in [0.29, 0.717) is 22.6 Å². The molecule has 1 heterocycles. The fourth-order valence-corrected chi connectivity index (χ4v) is 2.70. The summed E-state index contributed by atoms with van der Waals surface area (Å²) in [5.74, 6) is -1.04. The third-order valence-corrected chi connectivity index (χ3v) is 4.18. The molecule has 1 saturated heterocycles. The Hall–Kier alpha value is -3.68. The minimum Gasteiger partial charge on any atom is -0.497 e. The molecule has 1 fully saturated rings. The number of imide groups is 2. The topological polar surface area (TPSA) is 84.9 Å². The highest BCUT2D eigenvalue weighted by Gasteiger charge is 2.35. The highest BCUT2D eigenvalue weighted by Crippen LogP contribution is 2.27. The summed E-state index contributed by atoms with van der Waals surface area (Å²) in [5, 5.41) is 2.14. The van der Waals surface area contributed by atoms with Crippen molar-refractivity contribution in [2.24, 2.45) is 0 Å². The molecule has 0 unspecified atom stereocenters. The van der Waals surface area contributed by atoms with Crippen LogP contribution in [0, 0.1) is 5.82 Å². The molecular weight excluding hydrogens is 367 g/mol. The maximum absolute atomic E-state index is 13.1. The number of carbonyl (C=O) groups excluding carboxylic acids is 3. The minimum atomic E-state index is -0.835. The molecule has 0 atom stereocenters. The van der Waals surface area contributed by atoms with Gasteiger partial charge in [0.15, 0.2) is 0 Å². The summed E-state index contributed by atoms with van der Waals surface area (Å²) < 4.78 is 23.5. The summed E-state index contributed by atoms with van der Waals surface area (Å²) in [7, 11) is 2.95. The number of ether oxygens (including phenoxy) is 2. The van der Waals surface area contributed by atoms with Crippen LogP contribution in [-0.4, -0.2) is 37.0 Å². The highest BCUT2D eigenvalue weighted by atomic mass is 19.1. The first kappa shape index (κ1) is 19.1. The van der Waals surface area contributed by atoms with Crippen LogP contribution in [0.4, 0.5) is 9.18 Å². The first-order chi connectivity index (χ1) is 13.4. The van der Waals surface area contributed by atoms with Crippen LogP contribution in [0.25, 0.3) is 6.08 Å². The zero-order valence-corrected chi connectivity index (χ0v) is 15.2. The van der Waals surface area contributed by atoms with Crippen LogP contribution >= 0.6 is 0 Å². The van der Waals surface area contributed by atoms with Gasteiger partial charge < -0.3 is 9.47 Å². The average Bonchev–Trinajstić information content (AvgIpc) is 2.69. The number of halogens is 1. The molecule has 0 radical (unpaired) electrons. The van der Waals surface area contributed by atoms with Crippen LogP contribution < -0.4 is 14.8 Å². The lowest BCUT2D eigenvalue weighted by Gasteiger charge is -2.26. The van der Waals surface area contributed by atoms with Crippen LogP contribution in [0.5, 0.6) is 11.5 Å². The lowest BCUT2D eigenvalue weighted by molar-refractivity contribution is -0.130. The number of methoxy groups -OCH3 is 2. The highest BCUT2D eigenvalue weighted by molar-refractivity contribution is 6.31. The van der Waals surface area contributed by atoms with Crippen molar-refractivity contribution in [3.8, 4) is 11.5 Å². The molecule has 0 spiro atoms. The van der Waals surface area contributed by atoms with Crippen LogP contribution in [0.3, 0.4) is 0 Å². The van der Waals surface area contributed by atoms with E-state index in [1.165, 1.54) is 44.6 Å². The molecule has 0 aromatic heterocycles. The van der Waals surface area contributed by atoms with Gasteiger partial charge in [-0.05, 0) is 35.9 Å². The Kier molecular flexibility index (Phi) is 5.39. The number of rotatable bonds is 5. The van der Waals surface area contributed by atoms with Crippen molar-refractivity contribution < 1.29 is 28.2 Å². The van der Waals surface area contributed by atoms with Gasteiger partial charge in [0, 0.05) is 11.6 Å².